The molecule has 0 bridgehead atoms. The van der Waals surface area contributed by atoms with Crippen molar-refractivity contribution in [3.8, 4) is 0 Å². The van der Waals surface area contributed by atoms with E-state index in [0.29, 0.717) is 21.3 Å². The molecule has 0 unspecified atom stereocenters. The van der Waals surface area contributed by atoms with Crippen LogP contribution in [0.3, 0.4) is 0 Å². The third kappa shape index (κ3) is 8.56. The van der Waals surface area contributed by atoms with Crippen LogP contribution < -0.4 is 16.4 Å². The topological polar surface area (TPSA) is 137 Å². The maximum Gasteiger partial charge on any atom is 0.490 e. The number of anilines is 2. The third-order valence-corrected chi connectivity index (χ3v) is 7.17. The van der Waals surface area contributed by atoms with E-state index in [4.69, 9.17) is 32.0 Å². The van der Waals surface area contributed by atoms with Gasteiger partial charge in [-0.25, -0.2) is 9.59 Å². The Morgan fingerprint density at radius 3 is 2.24 bits per heavy atom. The summed E-state index contributed by atoms with van der Waals surface area (Å²) >= 11 is 7.31. The molecule has 2 aromatic rings. The zero-order chi connectivity index (χ0) is 27.9. The van der Waals surface area contributed by atoms with Crippen molar-refractivity contribution >= 4 is 51.5 Å². The second kappa shape index (κ2) is 13.2. The summed E-state index contributed by atoms with van der Waals surface area (Å²) in [6.45, 7) is 7.12. The fourth-order valence-electron chi connectivity index (χ4n) is 3.90. The van der Waals surface area contributed by atoms with E-state index in [1.54, 1.807) is 24.3 Å². The van der Waals surface area contributed by atoms with Gasteiger partial charge in [-0.3, -0.25) is 19.9 Å². The molecule has 4 rings (SSSR count). The Morgan fingerprint density at radius 2 is 1.66 bits per heavy atom. The molecule has 5 N–H and O–H groups in total. The Balaban J connectivity index is 0.000000505. The van der Waals surface area contributed by atoms with Gasteiger partial charge >= 0.3 is 18.2 Å². The van der Waals surface area contributed by atoms with E-state index in [1.807, 2.05) is 0 Å². The maximum atomic E-state index is 12.5. The Hall–Kier alpha value is -2.91. The number of nitrogens with one attached hydrogen (secondary N) is 2. The van der Waals surface area contributed by atoms with Gasteiger partial charge in [0.05, 0.1) is 18.8 Å². The average Bonchev–Trinajstić information content (AvgIpc) is 3.21. The molecule has 1 aromatic heterocycles. The van der Waals surface area contributed by atoms with Gasteiger partial charge in [-0.05, 0) is 36.2 Å². The summed E-state index contributed by atoms with van der Waals surface area (Å²) in [5, 5.41) is 13.8. The predicted octanol–water partition coefficient (Wildman–Crippen LogP) is 3.47. The number of amides is 3. The van der Waals surface area contributed by atoms with E-state index in [1.165, 1.54) is 11.3 Å². The predicted molar refractivity (Wildman–Crippen MR) is 137 cm³/mol. The number of rotatable bonds is 6. The molecular weight excluding hydrogens is 551 g/mol. The summed E-state index contributed by atoms with van der Waals surface area (Å²) in [5.74, 6) is -3.27. The van der Waals surface area contributed by atoms with E-state index in [0.717, 1.165) is 69.3 Å². The third-order valence-electron chi connectivity index (χ3n) is 5.79. The molecule has 3 amide bonds. The highest BCUT2D eigenvalue weighted by Gasteiger charge is 2.38. The van der Waals surface area contributed by atoms with E-state index in [9.17, 15) is 22.8 Å². The summed E-state index contributed by atoms with van der Waals surface area (Å²) in [4.78, 5) is 39.4. The van der Waals surface area contributed by atoms with Gasteiger partial charge in [-0.2, -0.15) is 13.2 Å². The highest BCUT2D eigenvalue weighted by molar-refractivity contribution is 7.17. The number of carboxylic acids is 1. The van der Waals surface area contributed by atoms with Crippen molar-refractivity contribution in [2.45, 2.75) is 19.1 Å². The number of nitrogens with two attached hydrogens (primary N) is 1. The minimum absolute atomic E-state index is 0.424. The van der Waals surface area contributed by atoms with Gasteiger partial charge in [-0.1, -0.05) is 11.6 Å². The summed E-state index contributed by atoms with van der Waals surface area (Å²) in [5.41, 5.74) is 7.67. The van der Waals surface area contributed by atoms with E-state index in [-0.39, 0.29) is 0 Å². The molecular formula is C23H27ClF3N5O5S. The number of hydrogen-bond donors (Lipinski definition) is 4. The van der Waals surface area contributed by atoms with Crippen molar-refractivity contribution in [3.05, 3.63) is 45.3 Å². The molecule has 0 spiro atoms. The number of hydrogen-bond acceptors (Lipinski definition) is 7. The number of benzene rings is 1. The Labute approximate surface area is 225 Å². The van der Waals surface area contributed by atoms with Crippen LogP contribution in [-0.4, -0.2) is 84.9 Å². The highest BCUT2D eigenvalue weighted by Crippen LogP contribution is 2.37. The van der Waals surface area contributed by atoms with Crippen molar-refractivity contribution in [3.63, 3.8) is 0 Å². The quantitative estimate of drug-likeness (QED) is 0.412. The molecule has 38 heavy (non-hydrogen) atoms. The molecule has 1 fully saturated rings. The number of urea groups is 1. The zero-order valence-corrected chi connectivity index (χ0v) is 21.7. The van der Waals surface area contributed by atoms with Crippen molar-refractivity contribution in [2.24, 2.45) is 5.73 Å². The number of carbonyl (C=O) groups is 3. The second-order valence-electron chi connectivity index (χ2n) is 8.44. The first kappa shape index (κ1) is 29.6. The Morgan fingerprint density at radius 1 is 1.05 bits per heavy atom. The van der Waals surface area contributed by atoms with Gasteiger partial charge in [0.2, 0.25) is 0 Å². The van der Waals surface area contributed by atoms with Crippen LogP contribution >= 0.6 is 22.9 Å². The molecule has 208 valence electrons. The monoisotopic (exact) mass is 577 g/mol. The van der Waals surface area contributed by atoms with Crippen molar-refractivity contribution in [2.75, 3.05) is 56.6 Å². The normalized spacial score (nSPS) is 16.1. The minimum atomic E-state index is -5.08. The van der Waals surface area contributed by atoms with Crippen LogP contribution in [0.15, 0.2) is 24.3 Å². The molecule has 10 nitrogen and oxygen atoms in total. The molecule has 1 aromatic carbocycles. The number of nitrogens with zero attached hydrogens (tertiary/aromatic N) is 2. The van der Waals surface area contributed by atoms with Gasteiger partial charge in [0.1, 0.15) is 5.00 Å². The van der Waals surface area contributed by atoms with Gasteiger partial charge < -0.3 is 20.9 Å². The van der Waals surface area contributed by atoms with Gasteiger partial charge in [0.15, 0.2) is 0 Å². The lowest BCUT2D eigenvalue weighted by atomic mass is 10.0. The molecule has 2 aliphatic heterocycles. The molecule has 2 aliphatic rings. The van der Waals surface area contributed by atoms with Crippen LogP contribution in [0.25, 0.3) is 0 Å². The molecule has 0 saturated carbocycles. The maximum absolute atomic E-state index is 12.5. The first-order valence-electron chi connectivity index (χ1n) is 11.5. The number of fused-ring (bicyclic) bond motifs is 1. The lowest BCUT2D eigenvalue weighted by Gasteiger charge is -2.31. The standard InChI is InChI=1S/C21H26ClN5O3S.C2HF3O2/c22-14-1-3-15(4-2-14)24-21(29)25-20-18(19(23)28)16-5-6-27(13-17(16)31-20)8-7-26-9-11-30-12-10-26;3-2(4,5)1(6)7/h1-4H,5-13H2,(H2,23,28)(H2,24,25,29);(H,6,7). The number of aliphatic carboxylic acids is 1. The summed E-state index contributed by atoms with van der Waals surface area (Å²) in [7, 11) is 0. The number of ether oxygens (including phenoxy) is 1. The summed E-state index contributed by atoms with van der Waals surface area (Å²) in [6, 6.07) is 6.39. The van der Waals surface area contributed by atoms with Crippen LogP contribution in [0.5, 0.6) is 0 Å². The lowest BCUT2D eigenvalue weighted by molar-refractivity contribution is -0.192. The summed E-state index contributed by atoms with van der Waals surface area (Å²) < 4.78 is 37.1. The average molecular weight is 578 g/mol. The smallest absolute Gasteiger partial charge is 0.475 e. The van der Waals surface area contributed by atoms with Crippen LogP contribution in [0.2, 0.25) is 5.02 Å². The van der Waals surface area contributed by atoms with Crippen LogP contribution in [0.4, 0.5) is 28.7 Å². The SMILES string of the molecule is NC(=O)c1c(NC(=O)Nc2ccc(Cl)cc2)sc2c1CCN(CCN1CCOCC1)C2.O=C(O)C(F)(F)F. The number of morpholine rings is 1. The van der Waals surface area contributed by atoms with E-state index >= 15 is 0 Å². The van der Waals surface area contributed by atoms with Crippen molar-refractivity contribution in [1.29, 1.82) is 0 Å². The van der Waals surface area contributed by atoms with Crippen molar-refractivity contribution < 1.29 is 37.4 Å². The molecule has 15 heteroatoms. The van der Waals surface area contributed by atoms with Crippen LogP contribution in [-0.2, 0) is 22.5 Å². The summed E-state index contributed by atoms with van der Waals surface area (Å²) in [6.07, 6.45) is -4.34. The number of carboxylic acid groups (broad SMARTS) is 1. The van der Waals surface area contributed by atoms with Gasteiger partial charge in [0, 0.05) is 54.9 Å². The van der Waals surface area contributed by atoms with Crippen LogP contribution in [0, 0.1) is 0 Å². The Bertz CT molecular complexity index is 1140. The second-order valence-corrected chi connectivity index (χ2v) is 9.98. The van der Waals surface area contributed by atoms with E-state index < -0.39 is 24.1 Å². The number of halogens is 4. The van der Waals surface area contributed by atoms with Crippen LogP contribution in [0.1, 0.15) is 20.8 Å². The Kier molecular flexibility index (Phi) is 10.3. The lowest BCUT2D eigenvalue weighted by Crippen LogP contribution is -2.42. The number of carbonyl (C=O) groups excluding carboxylic acids is 2. The molecule has 0 aliphatic carbocycles. The van der Waals surface area contributed by atoms with E-state index in [2.05, 4.69) is 20.4 Å². The molecule has 0 radical (unpaired) electrons. The minimum Gasteiger partial charge on any atom is -0.475 e. The molecule has 1 saturated heterocycles. The molecule has 0 atom stereocenters. The fraction of sp³-hybridized carbons (Fsp3) is 0.435. The van der Waals surface area contributed by atoms with Gasteiger partial charge in [-0.15, -0.1) is 11.3 Å². The zero-order valence-electron chi connectivity index (χ0n) is 20.1. The first-order valence-corrected chi connectivity index (χ1v) is 12.7. The molecule has 3 heterocycles. The first-order chi connectivity index (χ1) is 17.9. The number of thiophene rings is 1. The highest BCUT2D eigenvalue weighted by atomic mass is 35.5. The van der Waals surface area contributed by atoms with Gasteiger partial charge in [0.25, 0.3) is 5.91 Å². The number of primary amides is 1. The number of alkyl halides is 3. The fourth-order valence-corrected chi connectivity index (χ4v) is 5.32. The largest absolute Gasteiger partial charge is 0.490 e. The van der Waals surface area contributed by atoms with Crippen molar-refractivity contribution in [1.82, 2.24) is 9.80 Å².